The summed E-state index contributed by atoms with van der Waals surface area (Å²) >= 11 is 1.64. The van der Waals surface area contributed by atoms with Gasteiger partial charge < -0.3 is 9.64 Å². The molecule has 3 aromatic heterocycles. The first-order chi connectivity index (χ1) is 13.6. The van der Waals surface area contributed by atoms with Gasteiger partial charge >= 0.3 is 0 Å². The Morgan fingerprint density at radius 3 is 2.54 bits per heavy atom. The maximum atomic E-state index is 5.90. The molecule has 4 rings (SSSR count). The molecule has 0 radical (unpaired) electrons. The summed E-state index contributed by atoms with van der Waals surface area (Å²) in [7, 11) is 0. The lowest BCUT2D eigenvalue weighted by atomic mass is 9.98. The summed E-state index contributed by atoms with van der Waals surface area (Å²) in [5, 5.41) is 9.59. The molecule has 0 amide bonds. The number of nitrogens with zero attached hydrogens (tertiary/aromatic N) is 6. The van der Waals surface area contributed by atoms with Crippen LogP contribution in [0, 0.1) is 26.7 Å². The summed E-state index contributed by atoms with van der Waals surface area (Å²) in [4.78, 5) is 16.7. The third-order valence-corrected chi connectivity index (χ3v) is 6.02. The SMILES string of the molecule is Cc1ccnc(N2CCC(COc3ccc(-c4sc(C)nc4C)nn3)CC2)n1. The topological polar surface area (TPSA) is 76.9 Å². The van der Waals surface area contributed by atoms with E-state index >= 15 is 0 Å². The summed E-state index contributed by atoms with van der Waals surface area (Å²) in [6, 6.07) is 5.78. The summed E-state index contributed by atoms with van der Waals surface area (Å²) in [5.74, 6) is 1.91. The molecule has 4 heterocycles. The second-order valence-electron chi connectivity index (χ2n) is 7.14. The number of rotatable bonds is 5. The molecule has 8 heteroatoms. The van der Waals surface area contributed by atoms with Crippen LogP contribution in [0.15, 0.2) is 24.4 Å². The number of hydrogen-bond acceptors (Lipinski definition) is 8. The first-order valence-corrected chi connectivity index (χ1v) is 10.4. The van der Waals surface area contributed by atoms with Crippen LogP contribution in [0.25, 0.3) is 10.6 Å². The Morgan fingerprint density at radius 2 is 1.89 bits per heavy atom. The lowest BCUT2D eigenvalue weighted by molar-refractivity contribution is 0.214. The van der Waals surface area contributed by atoms with E-state index in [1.807, 2.05) is 45.2 Å². The van der Waals surface area contributed by atoms with Crippen LogP contribution in [0.5, 0.6) is 5.88 Å². The highest BCUT2D eigenvalue weighted by Gasteiger charge is 2.21. The largest absolute Gasteiger partial charge is 0.476 e. The fourth-order valence-corrected chi connectivity index (χ4v) is 4.26. The molecule has 1 saturated heterocycles. The van der Waals surface area contributed by atoms with Crippen molar-refractivity contribution in [2.45, 2.75) is 33.6 Å². The minimum absolute atomic E-state index is 0.508. The molecule has 0 aromatic carbocycles. The van der Waals surface area contributed by atoms with Crippen LogP contribution in [0.3, 0.4) is 0 Å². The van der Waals surface area contributed by atoms with E-state index in [0.717, 1.165) is 58.8 Å². The fourth-order valence-electron chi connectivity index (χ4n) is 3.38. The van der Waals surface area contributed by atoms with Crippen molar-refractivity contribution in [2.75, 3.05) is 24.6 Å². The predicted molar refractivity (Wildman–Crippen MR) is 110 cm³/mol. The van der Waals surface area contributed by atoms with E-state index in [1.165, 1.54) is 0 Å². The summed E-state index contributed by atoms with van der Waals surface area (Å²) in [5.41, 5.74) is 2.85. The van der Waals surface area contributed by atoms with Crippen LogP contribution >= 0.6 is 11.3 Å². The van der Waals surface area contributed by atoms with Gasteiger partial charge in [0.05, 0.1) is 22.2 Å². The fraction of sp³-hybridized carbons (Fsp3) is 0.450. The first kappa shape index (κ1) is 18.7. The third kappa shape index (κ3) is 4.27. The molecule has 7 nitrogen and oxygen atoms in total. The number of aryl methyl sites for hydroxylation is 3. The molecule has 0 bridgehead atoms. The van der Waals surface area contributed by atoms with E-state index in [4.69, 9.17) is 4.74 Å². The van der Waals surface area contributed by atoms with E-state index in [-0.39, 0.29) is 0 Å². The zero-order chi connectivity index (χ0) is 19.5. The van der Waals surface area contributed by atoms with Gasteiger partial charge in [-0.3, -0.25) is 0 Å². The summed E-state index contributed by atoms with van der Waals surface area (Å²) < 4.78 is 5.90. The predicted octanol–water partition coefficient (Wildman–Crippen LogP) is 3.61. The number of hydrogen-bond donors (Lipinski definition) is 0. The highest BCUT2D eigenvalue weighted by atomic mass is 32.1. The molecule has 146 valence electrons. The molecule has 0 spiro atoms. The van der Waals surface area contributed by atoms with Crippen LogP contribution in [0.4, 0.5) is 5.95 Å². The summed E-state index contributed by atoms with van der Waals surface area (Å²) in [6.07, 6.45) is 3.94. The molecule has 0 unspecified atom stereocenters. The second kappa shape index (κ2) is 8.18. The lowest BCUT2D eigenvalue weighted by Gasteiger charge is -2.31. The van der Waals surface area contributed by atoms with Gasteiger partial charge in [-0.25, -0.2) is 15.0 Å². The van der Waals surface area contributed by atoms with Crippen molar-refractivity contribution in [3.8, 4) is 16.5 Å². The Kier molecular flexibility index (Phi) is 5.47. The lowest BCUT2D eigenvalue weighted by Crippen LogP contribution is -2.36. The molecule has 3 aromatic rings. The molecular formula is C20H24N6OS. The zero-order valence-electron chi connectivity index (χ0n) is 16.4. The van der Waals surface area contributed by atoms with Gasteiger partial charge in [0.2, 0.25) is 11.8 Å². The zero-order valence-corrected chi connectivity index (χ0v) is 17.2. The molecule has 1 aliphatic rings. The molecule has 28 heavy (non-hydrogen) atoms. The first-order valence-electron chi connectivity index (χ1n) is 9.54. The van der Waals surface area contributed by atoms with Crippen molar-refractivity contribution in [1.29, 1.82) is 0 Å². The smallest absolute Gasteiger partial charge is 0.233 e. The molecular weight excluding hydrogens is 372 g/mol. The maximum absolute atomic E-state index is 5.90. The highest BCUT2D eigenvalue weighted by Crippen LogP contribution is 2.28. The highest BCUT2D eigenvalue weighted by molar-refractivity contribution is 7.15. The molecule has 0 saturated carbocycles. The van der Waals surface area contributed by atoms with Crippen molar-refractivity contribution in [1.82, 2.24) is 25.1 Å². The third-order valence-electron chi connectivity index (χ3n) is 4.92. The van der Waals surface area contributed by atoms with Gasteiger partial charge in [0, 0.05) is 31.0 Å². The monoisotopic (exact) mass is 396 g/mol. The second-order valence-corrected chi connectivity index (χ2v) is 8.35. The van der Waals surface area contributed by atoms with E-state index in [1.54, 1.807) is 11.3 Å². The van der Waals surface area contributed by atoms with Crippen molar-refractivity contribution < 1.29 is 4.74 Å². The van der Waals surface area contributed by atoms with Crippen LogP contribution < -0.4 is 9.64 Å². The van der Waals surface area contributed by atoms with Crippen molar-refractivity contribution in [3.63, 3.8) is 0 Å². The number of anilines is 1. The van der Waals surface area contributed by atoms with Gasteiger partial charge in [0.15, 0.2) is 0 Å². The minimum atomic E-state index is 0.508. The molecule has 1 aliphatic heterocycles. The van der Waals surface area contributed by atoms with E-state index in [9.17, 15) is 0 Å². The maximum Gasteiger partial charge on any atom is 0.233 e. The van der Waals surface area contributed by atoms with Gasteiger partial charge in [0.25, 0.3) is 0 Å². The van der Waals surface area contributed by atoms with Crippen LogP contribution in [-0.2, 0) is 0 Å². The van der Waals surface area contributed by atoms with E-state index in [0.29, 0.717) is 18.4 Å². The van der Waals surface area contributed by atoms with Gasteiger partial charge in [-0.2, -0.15) is 0 Å². The quantitative estimate of drug-likeness (QED) is 0.652. The molecule has 1 fully saturated rings. The van der Waals surface area contributed by atoms with Crippen molar-refractivity contribution in [2.24, 2.45) is 5.92 Å². The molecule has 0 atom stereocenters. The minimum Gasteiger partial charge on any atom is -0.476 e. The standard InChI is InChI=1S/C20H24N6OS/c1-13-6-9-21-20(22-13)26-10-7-16(8-11-26)12-27-18-5-4-17(24-25-18)19-14(2)23-15(3)28-19/h4-6,9,16H,7-8,10-12H2,1-3H3. The van der Waals surface area contributed by atoms with Crippen molar-refractivity contribution >= 4 is 17.3 Å². The Hall–Kier alpha value is -2.61. The van der Waals surface area contributed by atoms with Gasteiger partial charge in [0.1, 0.15) is 5.69 Å². The Balaban J connectivity index is 1.29. The van der Waals surface area contributed by atoms with Gasteiger partial charge in [-0.05, 0) is 51.7 Å². The molecule has 0 N–H and O–H groups in total. The average molecular weight is 397 g/mol. The van der Waals surface area contributed by atoms with Gasteiger partial charge in [-0.15, -0.1) is 21.5 Å². The van der Waals surface area contributed by atoms with Crippen LogP contribution in [0.1, 0.15) is 29.2 Å². The average Bonchev–Trinajstić information content (AvgIpc) is 3.05. The Morgan fingerprint density at radius 1 is 1.07 bits per heavy atom. The number of aromatic nitrogens is 5. The summed E-state index contributed by atoms with van der Waals surface area (Å²) in [6.45, 7) is 8.56. The number of thiazole rings is 1. The normalized spacial score (nSPS) is 15.0. The van der Waals surface area contributed by atoms with Gasteiger partial charge in [-0.1, -0.05) is 0 Å². The molecule has 0 aliphatic carbocycles. The van der Waals surface area contributed by atoms with Crippen LogP contribution in [0.2, 0.25) is 0 Å². The van der Waals surface area contributed by atoms with Crippen molar-refractivity contribution in [3.05, 3.63) is 40.8 Å². The number of ether oxygens (including phenoxy) is 1. The van der Waals surface area contributed by atoms with E-state index < -0.39 is 0 Å². The van der Waals surface area contributed by atoms with E-state index in [2.05, 4.69) is 30.0 Å². The van der Waals surface area contributed by atoms with Crippen LogP contribution in [-0.4, -0.2) is 44.8 Å². The number of piperidine rings is 1. The Labute approximate surface area is 168 Å². The Bertz CT molecular complexity index is 934.